The molecule has 2 aliphatic carbocycles. The molecular formula is C17H31ClN2O3. The van der Waals surface area contributed by atoms with Crippen molar-refractivity contribution < 1.29 is 14.7 Å². The first-order valence-electron chi connectivity index (χ1n) is 8.68. The number of hydrogen-bond donors (Lipinski definition) is 2. The normalized spacial score (nSPS) is 28.3. The summed E-state index contributed by atoms with van der Waals surface area (Å²) in [5, 5.41) is 12.1. The van der Waals surface area contributed by atoms with Gasteiger partial charge in [0.25, 0.3) is 0 Å². The van der Waals surface area contributed by atoms with Crippen LogP contribution in [0.15, 0.2) is 0 Å². The predicted molar refractivity (Wildman–Crippen MR) is 92.8 cm³/mol. The average molecular weight is 347 g/mol. The van der Waals surface area contributed by atoms with E-state index in [1.54, 1.807) is 11.8 Å². The number of rotatable bonds is 8. The van der Waals surface area contributed by atoms with Gasteiger partial charge >= 0.3 is 5.97 Å². The Balaban J connectivity index is 0.00000264. The summed E-state index contributed by atoms with van der Waals surface area (Å²) in [7, 11) is 0. The van der Waals surface area contributed by atoms with Crippen LogP contribution in [0, 0.1) is 17.8 Å². The quantitative estimate of drug-likeness (QED) is 0.708. The molecule has 5 nitrogen and oxygen atoms in total. The monoisotopic (exact) mass is 346 g/mol. The van der Waals surface area contributed by atoms with Crippen molar-refractivity contribution in [2.45, 2.75) is 65.0 Å². The molecule has 0 aromatic heterocycles. The molecule has 1 amide bonds. The first-order chi connectivity index (χ1) is 10.4. The minimum atomic E-state index is -0.880. The van der Waals surface area contributed by atoms with E-state index in [2.05, 4.69) is 12.2 Å². The van der Waals surface area contributed by atoms with E-state index in [1.807, 2.05) is 6.92 Å². The first-order valence-corrected chi connectivity index (χ1v) is 8.68. The van der Waals surface area contributed by atoms with Crippen LogP contribution in [-0.2, 0) is 9.59 Å². The highest BCUT2D eigenvalue weighted by Crippen LogP contribution is 2.49. The molecule has 0 heterocycles. The Bertz CT molecular complexity index is 419. The number of hydrogen-bond acceptors (Lipinski definition) is 3. The molecule has 5 unspecified atom stereocenters. The number of carboxylic acids is 1. The van der Waals surface area contributed by atoms with E-state index in [0.717, 1.165) is 18.3 Å². The highest BCUT2D eigenvalue weighted by molar-refractivity contribution is 5.85. The highest BCUT2D eigenvalue weighted by Gasteiger charge is 2.42. The number of fused-ring (bicyclic) bond motifs is 2. The van der Waals surface area contributed by atoms with Crippen molar-refractivity contribution in [1.82, 2.24) is 10.2 Å². The number of nitrogens with zero attached hydrogens (tertiary/aromatic N) is 1. The second-order valence-electron chi connectivity index (χ2n) is 7.18. The van der Waals surface area contributed by atoms with Gasteiger partial charge in [-0.1, -0.05) is 13.3 Å². The van der Waals surface area contributed by atoms with E-state index in [4.69, 9.17) is 5.11 Å². The van der Waals surface area contributed by atoms with E-state index in [0.29, 0.717) is 12.5 Å². The van der Waals surface area contributed by atoms with Gasteiger partial charge in [0.1, 0.15) is 0 Å². The van der Waals surface area contributed by atoms with Gasteiger partial charge < -0.3 is 10.4 Å². The maximum absolute atomic E-state index is 12.5. The van der Waals surface area contributed by atoms with Gasteiger partial charge in [-0.05, 0) is 63.8 Å². The molecule has 5 atom stereocenters. The van der Waals surface area contributed by atoms with Crippen molar-refractivity contribution in [3.63, 3.8) is 0 Å². The lowest BCUT2D eigenvalue weighted by molar-refractivity contribution is -0.140. The topological polar surface area (TPSA) is 69.6 Å². The number of halogens is 1. The van der Waals surface area contributed by atoms with Crippen molar-refractivity contribution in [1.29, 1.82) is 0 Å². The molecule has 0 radical (unpaired) electrons. The van der Waals surface area contributed by atoms with E-state index in [1.165, 1.54) is 25.7 Å². The fourth-order valence-electron chi connectivity index (χ4n) is 4.39. The molecule has 2 rings (SSSR count). The molecule has 2 N–H and O–H groups in total. The summed E-state index contributed by atoms with van der Waals surface area (Å²) in [4.78, 5) is 25.2. The number of carbonyl (C=O) groups is 2. The van der Waals surface area contributed by atoms with Crippen LogP contribution < -0.4 is 5.32 Å². The number of aliphatic carboxylic acids is 1. The predicted octanol–water partition coefficient (Wildman–Crippen LogP) is 2.53. The second-order valence-corrected chi connectivity index (χ2v) is 7.18. The Morgan fingerprint density at radius 3 is 2.43 bits per heavy atom. The van der Waals surface area contributed by atoms with E-state index in [-0.39, 0.29) is 30.9 Å². The van der Waals surface area contributed by atoms with Gasteiger partial charge in [-0.2, -0.15) is 0 Å². The van der Waals surface area contributed by atoms with Crippen LogP contribution in [0.5, 0.6) is 0 Å². The van der Waals surface area contributed by atoms with Crippen LogP contribution in [-0.4, -0.2) is 47.1 Å². The van der Waals surface area contributed by atoms with Crippen molar-refractivity contribution >= 4 is 24.3 Å². The second kappa shape index (κ2) is 8.88. The van der Waals surface area contributed by atoms with Gasteiger partial charge in [-0.3, -0.25) is 14.5 Å². The van der Waals surface area contributed by atoms with Crippen molar-refractivity contribution in [3.8, 4) is 0 Å². The molecule has 23 heavy (non-hydrogen) atoms. The lowest BCUT2D eigenvalue weighted by atomic mass is 9.84. The third-order valence-corrected chi connectivity index (χ3v) is 5.58. The van der Waals surface area contributed by atoms with E-state index in [9.17, 15) is 9.59 Å². The molecule has 0 aliphatic heterocycles. The Morgan fingerprint density at radius 1 is 1.26 bits per heavy atom. The molecule has 2 fully saturated rings. The molecular weight excluding hydrogens is 316 g/mol. The average Bonchev–Trinajstić information content (AvgIpc) is 3.08. The first kappa shape index (κ1) is 20.2. The molecule has 134 valence electrons. The van der Waals surface area contributed by atoms with Crippen LogP contribution in [0.1, 0.15) is 52.9 Å². The SMILES string of the molecule is CCCN(CC(=O)O)C(C)C(=O)NC(C)C1CC2CCC1C2.Cl. The van der Waals surface area contributed by atoms with Gasteiger partial charge in [0.2, 0.25) is 5.91 Å². The smallest absolute Gasteiger partial charge is 0.317 e. The molecule has 2 bridgehead atoms. The van der Waals surface area contributed by atoms with Crippen LogP contribution in [0.25, 0.3) is 0 Å². The number of amides is 1. The van der Waals surface area contributed by atoms with Crippen LogP contribution in [0.4, 0.5) is 0 Å². The van der Waals surface area contributed by atoms with Crippen molar-refractivity contribution in [2.24, 2.45) is 17.8 Å². The summed E-state index contributed by atoms with van der Waals surface area (Å²) in [6, 6.07) is -0.198. The van der Waals surface area contributed by atoms with Gasteiger partial charge in [0.05, 0.1) is 12.6 Å². The van der Waals surface area contributed by atoms with Gasteiger partial charge in [0, 0.05) is 6.04 Å². The molecule has 0 aromatic carbocycles. The number of carbonyl (C=O) groups excluding carboxylic acids is 1. The van der Waals surface area contributed by atoms with Gasteiger partial charge in [-0.15, -0.1) is 12.4 Å². The summed E-state index contributed by atoms with van der Waals surface area (Å²) < 4.78 is 0. The third-order valence-electron chi connectivity index (χ3n) is 5.58. The Hall–Kier alpha value is -0.810. The van der Waals surface area contributed by atoms with E-state index >= 15 is 0 Å². The molecule has 6 heteroatoms. The van der Waals surface area contributed by atoms with Gasteiger partial charge in [-0.25, -0.2) is 0 Å². The summed E-state index contributed by atoms with van der Waals surface area (Å²) in [6.45, 7) is 6.46. The Labute approximate surface area is 145 Å². The Kier molecular flexibility index (Phi) is 7.81. The third kappa shape index (κ3) is 5.08. The Morgan fingerprint density at radius 2 is 1.96 bits per heavy atom. The zero-order valence-corrected chi connectivity index (χ0v) is 15.3. The molecule has 2 aliphatic rings. The zero-order chi connectivity index (χ0) is 16.3. The van der Waals surface area contributed by atoms with Crippen LogP contribution in [0.2, 0.25) is 0 Å². The molecule has 0 spiro atoms. The molecule has 0 saturated heterocycles. The summed E-state index contributed by atoms with van der Waals surface area (Å²) in [5.74, 6) is 1.34. The largest absolute Gasteiger partial charge is 0.480 e. The van der Waals surface area contributed by atoms with Crippen molar-refractivity contribution in [3.05, 3.63) is 0 Å². The lowest BCUT2D eigenvalue weighted by Crippen LogP contribution is -2.51. The van der Waals surface area contributed by atoms with E-state index < -0.39 is 12.0 Å². The maximum atomic E-state index is 12.5. The van der Waals surface area contributed by atoms with Crippen LogP contribution >= 0.6 is 12.4 Å². The number of carboxylic acid groups (broad SMARTS) is 1. The fraction of sp³-hybridized carbons (Fsp3) is 0.882. The van der Waals surface area contributed by atoms with Gasteiger partial charge in [0.15, 0.2) is 0 Å². The van der Waals surface area contributed by atoms with Crippen LogP contribution in [0.3, 0.4) is 0 Å². The molecule has 2 saturated carbocycles. The molecule has 0 aromatic rings. The summed E-state index contributed by atoms with van der Waals surface area (Å²) in [5.41, 5.74) is 0. The number of nitrogens with one attached hydrogen (secondary N) is 1. The fourth-order valence-corrected chi connectivity index (χ4v) is 4.39. The zero-order valence-electron chi connectivity index (χ0n) is 14.5. The maximum Gasteiger partial charge on any atom is 0.317 e. The highest BCUT2D eigenvalue weighted by atomic mass is 35.5. The summed E-state index contributed by atoms with van der Waals surface area (Å²) >= 11 is 0. The minimum Gasteiger partial charge on any atom is -0.480 e. The standard InChI is InChI=1S/C17H30N2O3.ClH/c1-4-7-19(10-16(20)21)12(3)17(22)18-11(2)15-9-13-5-6-14(15)8-13;/h11-15H,4-10H2,1-3H3,(H,18,22)(H,20,21);1H. The lowest BCUT2D eigenvalue weighted by Gasteiger charge is -2.32. The van der Waals surface area contributed by atoms with Crippen molar-refractivity contribution in [2.75, 3.05) is 13.1 Å². The summed E-state index contributed by atoms with van der Waals surface area (Å²) in [6.07, 6.45) is 6.09. The minimum absolute atomic E-state index is 0.